The minimum atomic E-state index is -1.83. The Balaban J connectivity index is 1.83. The second-order valence-corrected chi connectivity index (χ2v) is 21.2. The summed E-state index contributed by atoms with van der Waals surface area (Å²) < 4.78 is 18.4. The van der Waals surface area contributed by atoms with E-state index < -0.39 is 16.6 Å². The van der Waals surface area contributed by atoms with Gasteiger partial charge in [-0.25, -0.2) is 0 Å². The minimum absolute atomic E-state index is 0.175. The SMILES string of the molecule is CC(C)(C)[Si](C)(C)Oc1ccc(C#C/C=C/COc2ccc(O[Si](C)(C)C(C)(C)C)cc2)cc1. The van der Waals surface area contributed by atoms with Gasteiger partial charge < -0.3 is 13.6 Å². The molecule has 0 atom stereocenters. The predicted molar refractivity (Wildman–Crippen MR) is 150 cm³/mol. The zero-order chi connectivity index (χ0) is 25.6. The molecule has 0 saturated carbocycles. The monoisotopic (exact) mass is 494 g/mol. The van der Waals surface area contributed by atoms with E-state index in [0.29, 0.717) is 6.61 Å². The lowest BCUT2D eigenvalue weighted by Crippen LogP contribution is -2.43. The van der Waals surface area contributed by atoms with Crippen LogP contribution in [0.4, 0.5) is 0 Å². The Morgan fingerprint density at radius 2 is 1.09 bits per heavy atom. The molecule has 0 spiro atoms. The van der Waals surface area contributed by atoms with E-state index in [1.165, 1.54) is 0 Å². The van der Waals surface area contributed by atoms with E-state index in [1.807, 2.05) is 60.7 Å². The van der Waals surface area contributed by atoms with Gasteiger partial charge in [0, 0.05) is 5.56 Å². The van der Waals surface area contributed by atoms with Gasteiger partial charge in [-0.05, 0) is 96.9 Å². The lowest BCUT2D eigenvalue weighted by molar-refractivity contribution is 0.362. The molecule has 3 nitrogen and oxygen atoms in total. The summed E-state index contributed by atoms with van der Waals surface area (Å²) in [5.41, 5.74) is 0.963. The van der Waals surface area contributed by atoms with Gasteiger partial charge in [-0.15, -0.1) is 0 Å². The summed E-state index contributed by atoms with van der Waals surface area (Å²) in [6.07, 6.45) is 3.75. The van der Waals surface area contributed by atoms with Crippen molar-refractivity contribution in [2.75, 3.05) is 6.61 Å². The van der Waals surface area contributed by atoms with E-state index >= 15 is 0 Å². The molecule has 0 aliphatic rings. The van der Waals surface area contributed by atoms with Crippen molar-refractivity contribution < 1.29 is 13.6 Å². The van der Waals surface area contributed by atoms with Crippen LogP contribution in [-0.4, -0.2) is 23.2 Å². The number of hydrogen-bond acceptors (Lipinski definition) is 3. The molecule has 184 valence electrons. The maximum atomic E-state index is 6.32. The molecule has 0 fully saturated rings. The Bertz CT molecular complexity index is 1010. The highest BCUT2D eigenvalue weighted by Crippen LogP contribution is 2.38. The lowest BCUT2D eigenvalue weighted by atomic mass is 10.2. The van der Waals surface area contributed by atoms with Crippen molar-refractivity contribution in [3.05, 3.63) is 66.2 Å². The fourth-order valence-electron chi connectivity index (χ4n) is 2.48. The average molecular weight is 495 g/mol. The molecule has 2 aromatic rings. The Morgan fingerprint density at radius 3 is 1.53 bits per heavy atom. The first-order valence-electron chi connectivity index (χ1n) is 12.0. The highest BCUT2D eigenvalue weighted by Gasteiger charge is 2.39. The van der Waals surface area contributed by atoms with Gasteiger partial charge in [-0.1, -0.05) is 53.4 Å². The average Bonchev–Trinajstić information content (AvgIpc) is 2.71. The highest BCUT2D eigenvalue weighted by atomic mass is 28.4. The molecule has 5 heteroatoms. The fraction of sp³-hybridized carbons (Fsp3) is 0.448. The van der Waals surface area contributed by atoms with Gasteiger partial charge in [0.05, 0.1) is 0 Å². The van der Waals surface area contributed by atoms with Gasteiger partial charge in [-0.3, -0.25) is 0 Å². The Morgan fingerprint density at radius 1 is 0.676 bits per heavy atom. The maximum Gasteiger partial charge on any atom is 0.250 e. The van der Waals surface area contributed by atoms with Crippen molar-refractivity contribution >= 4 is 16.6 Å². The molecule has 0 radical (unpaired) electrons. The van der Waals surface area contributed by atoms with Crippen LogP contribution in [0.3, 0.4) is 0 Å². The van der Waals surface area contributed by atoms with Crippen molar-refractivity contribution in [1.82, 2.24) is 0 Å². The van der Waals surface area contributed by atoms with E-state index in [4.69, 9.17) is 13.6 Å². The number of benzene rings is 2. The minimum Gasteiger partial charge on any atom is -0.544 e. The highest BCUT2D eigenvalue weighted by molar-refractivity contribution is 6.75. The van der Waals surface area contributed by atoms with E-state index in [9.17, 15) is 0 Å². The zero-order valence-electron chi connectivity index (χ0n) is 22.7. The Kier molecular flexibility index (Phi) is 8.90. The molecule has 0 amide bonds. The van der Waals surface area contributed by atoms with Crippen LogP contribution in [0.2, 0.25) is 36.3 Å². The quantitative estimate of drug-likeness (QED) is 0.285. The van der Waals surface area contributed by atoms with Gasteiger partial charge in [0.25, 0.3) is 0 Å². The molecular weight excluding hydrogens is 452 g/mol. The van der Waals surface area contributed by atoms with Gasteiger partial charge in [0.2, 0.25) is 16.6 Å². The van der Waals surface area contributed by atoms with Crippen molar-refractivity contribution in [3.8, 4) is 29.1 Å². The second-order valence-electron chi connectivity index (χ2n) is 11.7. The zero-order valence-corrected chi connectivity index (χ0v) is 24.7. The summed E-state index contributed by atoms with van der Waals surface area (Å²) in [6.45, 7) is 22.9. The standard InChI is InChI=1S/C29H42O3Si2/c1-28(2,3)33(7,8)31-26-17-15-24(16-18-26)14-12-11-13-23-30-25-19-21-27(22-20-25)32-34(9,10)29(4,5)6/h11,13,15-22H,23H2,1-10H3/b13-11+. The van der Waals surface area contributed by atoms with Crippen molar-refractivity contribution in [2.45, 2.75) is 77.8 Å². The molecule has 0 unspecified atom stereocenters. The third kappa shape index (κ3) is 8.11. The summed E-state index contributed by atoms with van der Waals surface area (Å²) in [4.78, 5) is 0. The molecule has 0 aliphatic heterocycles. The number of ether oxygens (including phenoxy) is 1. The summed E-state index contributed by atoms with van der Waals surface area (Å²) in [6, 6.07) is 15.9. The molecule has 2 rings (SSSR count). The van der Waals surface area contributed by atoms with E-state index in [0.717, 1.165) is 22.8 Å². The molecule has 34 heavy (non-hydrogen) atoms. The van der Waals surface area contributed by atoms with Gasteiger partial charge >= 0.3 is 0 Å². The smallest absolute Gasteiger partial charge is 0.250 e. The molecular formula is C29H42O3Si2. The number of rotatable bonds is 7. The van der Waals surface area contributed by atoms with Crippen molar-refractivity contribution in [2.24, 2.45) is 0 Å². The van der Waals surface area contributed by atoms with Gasteiger partial charge in [0.15, 0.2) is 0 Å². The second kappa shape index (κ2) is 10.9. The number of allylic oxidation sites excluding steroid dienone is 1. The molecule has 0 saturated heterocycles. The Labute approximate surface area is 209 Å². The van der Waals surface area contributed by atoms with E-state index in [-0.39, 0.29) is 10.1 Å². The van der Waals surface area contributed by atoms with Crippen LogP contribution < -0.4 is 13.6 Å². The van der Waals surface area contributed by atoms with Crippen molar-refractivity contribution in [3.63, 3.8) is 0 Å². The first kappa shape index (κ1) is 27.8. The fourth-order valence-corrected chi connectivity index (χ4v) is 4.55. The molecule has 0 bridgehead atoms. The van der Waals surface area contributed by atoms with Crippen LogP contribution in [0.25, 0.3) is 0 Å². The molecule has 0 aromatic heterocycles. The predicted octanol–water partition coefficient (Wildman–Crippen LogP) is 8.44. The molecule has 0 heterocycles. The summed E-state index contributed by atoms with van der Waals surface area (Å²) >= 11 is 0. The first-order valence-corrected chi connectivity index (χ1v) is 17.8. The third-order valence-corrected chi connectivity index (χ3v) is 15.5. The normalized spacial score (nSPS) is 12.8. The van der Waals surface area contributed by atoms with Gasteiger partial charge in [0.1, 0.15) is 23.9 Å². The van der Waals surface area contributed by atoms with E-state index in [2.05, 4.69) is 79.6 Å². The first-order chi connectivity index (χ1) is 15.6. The van der Waals surface area contributed by atoms with Crippen molar-refractivity contribution in [1.29, 1.82) is 0 Å². The van der Waals surface area contributed by atoms with Crippen LogP contribution in [-0.2, 0) is 0 Å². The van der Waals surface area contributed by atoms with Crippen LogP contribution in [0, 0.1) is 11.8 Å². The third-order valence-electron chi connectivity index (χ3n) is 6.80. The molecule has 0 aliphatic carbocycles. The summed E-state index contributed by atoms with van der Waals surface area (Å²) in [5.74, 6) is 8.87. The van der Waals surface area contributed by atoms with Crippen LogP contribution in [0.15, 0.2) is 60.7 Å². The Hall–Kier alpha value is -2.43. The van der Waals surface area contributed by atoms with E-state index in [1.54, 1.807) is 0 Å². The number of hydrogen-bond donors (Lipinski definition) is 0. The van der Waals surface area contributed by atoms with Crippen LogP contribution in [0.1, 0.15) is 47.1 Å². The summed E-state index contributed by atoms with van der Waals surface area (Å²) in [7, 11) is -3.65. The topological polar surface area (TPSA) is 27.7 Å². The maximum absolute atomic E-state index is 6.32. The van der Waals surface area contributed by atoms with Gasteiger partial charge in [-0.2, -0.15) is 0 Å². The molecule has 2 aromatic carbocycles. The largest absolute Gasteiger partial charge is 0.544 e. The molecule has 0 N–H and O–H groups in total. The van der Waals surface area contributed by atoms with Crippen LogP contribution in [0.5, 0.6) is 17.2 Å². The lowest BCUT2D eigenvalue weighted by Gasteiger charge is -2.36. The van der Waals surface area contributed by atoms with Crippen LogP contribution >= 0.6 is 0 Å². The summed E-state index contributed by atoms with van der Waals surface area (Å²) in [5, 5.41) is 0.355.